The average Bonchev–Trinajstić information content (AvgIpc) is 2.29. The Hall–Kier alpha value is 0.0169. The molecule has 1 N–H and O–H groups in total. The molecule has 18 heavy (non-hydrogen) atoms. The highest BCUT2D eigenvalue weighted by Crippen LogP contribution is 2.18. The maximum absolute atomic E-state index is 9.07. The molecular weight excluding hydrogens is 252 g/mol. The molecule has 110 valence electrons. The molecule has 0 spiro atoms. The second-order valence-corrected chi connectivity index (χ2v) is 6.74. The van der Waals surface area contributed by atoms with Crippen molar-refractivity contribution in [3.05, 3.63) is 0 Å². The molecule has 0 bridgehead atoms. The van der Waals surface area contributed by atoms with Gasteiger partial charge in [-0.1, -0.05) is 0 Å². The Morgan fingerprint density at radius 2 is 1.50 bits per heavy atom. The van der Waals surface area contributed by atoms with Gasteiger partial charge in [0.15, 0.2) is 0 Å². The predicted octanol–water partition coefficient (Wildman–Crippen LogP) is 1.82. The van der Waals surface area contributed by atoms with Crippen LogP contribution in [0.25, 0.3) is 0 Å². The quantitative estimate of drug-likeness (QED) is 0.436. The van der Waals surface area contributed by atoms with Crippen LogP contribution in [-0.4, -0.2) is 53.0 Å². The van der Waals surface area contributed by atoms with Crippen molar-refractivity contribution in [1.29, 1.82) is 0 Å². The summed E-state index contributed by atoms with van der Waals surface area (Å²) >= 11 is 0. The third-order valence-electron chi connectivity index (χ3n) is 2.22. The number of hydrogen-bond acceptors (Lipinski definition) is 5. The number of aliphatic hydroxyl groups excluding tert-OH is 1. The van der Waals surface area contributed by atoms with Crippen LogP contribution in [-0.2, 0) is 18.0 Å². The number of aliphatic hydroxyl groups is 1. The highest BCUT2D eigenvalue weighted by molar-refractivity contribution is 6.60. The highest BCUT2D eigenvalue weighted by atomic mass is 28.4. The number of rotatable bonds is 12. The Morgan fingerprint density at radius 1 is 1.00 bits per heavy atom. The minimum absolute atomic E-state index is 0.368. The zero-order valence-corrected chi connectivity index (χ0v) is 13.1. The maximum Gasteiger partial charge on any atom is 0.501 e. The normalized spacial score (nSPS) is 13.8. The van der Waals surface area contributed by atoms with E-state index in [9.17, 15) is 0 Å². The summed E-state index contributed by atoms with van der Waals surface area (Å²) < 4.78 is 22.5. The van der Waals surface area contributed by atoms with E-state index >= 15 is 0 Å². The molecule has 1 atom stereocenters. The van der Waals surface area contributed by atoms with Gasteiger partial charge in [-0.05, 0) is 34.1 Å². The number of ether oxygens (including phenoxy) is 1. The molecule has 0 aliphatic heterocycles. The Bertz CT molecular complexity index is 172. The van der Waals surface area contributed by atoms with Gasteiger partial charge >= 0.3 is 8.80 Å². The molecule has 0 aliphatic rings. The van der Waals surface area contributed by atoms with E-state index in [1.165, 1.54) is 0 Å². The molecule has 0 aliphatic carbocycles. The van der Waals surface area contributed by atoms with Gasteiger partial charge in [0.05, 0.1) is 12.7 Å². The van der Waals surface area contributed by atoms with E-state index in [4.69, 9.17) is 23.1 Å². The van der Waals surface area contributed by atoms with Crippen LogP contribution >= 0.6 is 0 Å². The molecule has 5 nitrogen and oxygen atoms in total. The van der Waals surface area contributed by atoms with Crippen LogP contribution in [0.4, 0.5) is 0 Å². The molecule has 0 rings (SSSR count). The Kier molecular flexibility index (Phi) is 10.9. The first-order valence-electron chi connectivity index (χ1n) is 6.77. The van der Waals surface area contributed by atoms with Crippen molar-refractivity contribution in [2.45, 2.75) is 46.3 Å². The summed E-state index contributed by atoms with van der Waals surface area (Å²) in [5, 5.41) is 9.07. The summed E-state index contributed by atoms with van der Waals surface area (Å²) in [6.45, 7) is 10.3. The van der Waals surface area contributed by atoms with Gasteiger partial charge in [0.25, 0.3) is 0 Å². The molecule has 0 radical (unpaired) electrons. The lowest BCUT2D eigenvalue weighted by molar-refractivity contribution is 0.0403. The van der Waals surface area contributed by atoms with Crippen molar-refractivity contribution >= 4 is 8.80 Å². The van der Waals surface area contributed by atoms with E-state index in [2.05, 4.69) is 0 Å². The molecular formula is C12H28O5Si. The molecule has 0 aromatic rings. The summed E-state index contributed by atoms with van der Waals surface area (Å²) in [4.78, 5) is 0. The average molecular weight is 280 g/mol. The monoisotopic (exact) mass is 280 g/mol. The first-order chi connectivity index (χ1) is 8.60. The second-order valence-electron chi connectivity index (χ2n) is 4.01. The van der Waals surface area contributed by atoms with Gasteiger partial charge in [0.2, 0.25) is 0 Å². The minimum Gasteiger partial charge on any atom is -0.391 e. The van der Waals surface area contributed by atoms with Crippen molar-refractivity contribution in [2.24, 2.45) is 0 Å². The van der Waals surface area contributed by atoms with Crippen LogP contribution in [0.1, 0.15) is 34.1 Å². The van der Waals surface area contributed by atoms with Gasteiger partial charge in [-0.3, -0.25) is 0 Å². The zero-order chi connectivity index (χ0) is 13.9. The summed E-state index contributed by atoms with van der Waals surface area (Å²) in [6.07, 6.45) is 0.400. The van der Waals surface area contributed by atoms with Crippen molar-refractivity contribution in [3.8, 4) is 0 Å². The predicted molar refractivity (Wildman–Crippen MR) is 72.6 cm³/mol. The highest BCUT2D eigenvalue weighted by Gasteiger charge is 2.39. The van der Waals surface area contributed by atoms with E-state index < -0.39 is 14.9 Å². The summed E-state index contributed by atoms with van der Waals surface area (Å²) in [5.41, 5.74) is 0. The smallest absolute Gasteiger partial charge is 0.391 e. The van der Waals surface area contributed by atoms with Gasteiger partial charge in [0.1, 0.15) is 0 Å². The SMILES string of the molecule is CCO[Si](CCCOCC(C)O)(OCC)OCC. The lowest BCUT2D eigenvalue weighted by Crippen LogP contribution is -2.46. The van der Waals surface area contributed by atoms with Crippen molar-refractivity contribution < 1.29 is 23.1 Å². The fourth-order valence-electron chi connectivity index (χ4n) is 1.65. The largest absolute Gasteiger partial charge is 0.501 e. The second kappa shape index (κ2) is 10.9. The molecule has 1 unspecified atom stereocenters. The van der Waals surface area contributed by atoms with E-state index in [-0.39, 0.29) is 0 Å². The van der Waals surface area contributed by atoms with Crippen LogP contribution in [0.3, 0.4) is 0 Å². The summed E-state index contributed by atoms with van der Waals surface area (Å²) in [5.74, 6) is 0. The summed E-state index contributed by atoms with van der Waals surface area (Å²) in [6, 6.07) is 0.752. The molecule has 0 heterocycles. The van der Waals surface area contributed by atoms with Crippen molar-refractivity contribution in [2.75, 3.05) is 33.0 Å². The van der Waals surface area contributed by atoms with Crippen molar-refractivity contribution in [3.63, 3.8) is 0 Å². The first-order valence-corrected chi connectivity index (χ1v) is 8.71. The van der Waals surface area contributed by atoms with Gasteiger partial charge in [0, 0.05) is 32.5 Å². The molecule has 6 heteroatoms. The summed E-state index contributed by atoms with van der Waals surface area (Å²) in [7, 11) is -2.52. The van der Waals surface area contributed by atoms with Crippen LogP contribution < -0.4 is 0 Å². The van der Waals surface area contributed by atoms with Crippen LogP contribution in [0.5, 0.6) is 0 Å². The molecule has 0 amide bonds. The zero-order valence-electron chi connectivity index (χ0n) is 12.1. The third-order valence-corrected chi connectivity index (χ3v) is 5.37. The van der Waals surface area contributed by atoms with Crippen molar-refractivity contribution in [1.82, 2.24) is 0 Å². The molecule has 0 saturated carbocycles. The van der Waals surface area contributed by atoms with Gasteiger partial charge in [-0.2, -0.15) is 0 Å². The minimum atomic E-state index is -2.52. The van der Waals surface area contributed by atoms with E-state index in [0.29, 0.717) is 33.0 Å². The van der Waals surface area contributed by atoms with E-state index in [1.807, 2.05) is 20.8 Å². The van der Waals surface area contributed by atoms with E-state index in [0.717, 1.165) is 12.5 Å². The molecule has 0 saturated heterocycles. The van der Waals surface area contributed by atoms with Crippen LogP contribution in [0.2, 0.25) is 6.04 Å². The maximum atomic E-state index is 9.07. The van der Waals surface area contributed by atoms with Crippen LogP contribution in [0.15, 0.2) is 0 Å². The lowest BCUT2D eigenvalue weighted by atomic mass is 10.4. The fraction of sp³-hybridized carbons (Fsp3) is 1.00. The fourth-order valence-corrected chi connectivity index (χ4v) is 4.23. The topological polar surface area (TPSA) is 57.2 Å². The van der Waals surface area contributed by atoms with Crippen LogP contribution in [0, 0.1) is 0 Å². The number of hydrogen-bond donors (Lipinski definition) is 1. The third kappa shape index (κ3) is 8.18. The lowest BCUT2D eigenvalue weighted by Gasteiger charge is -2.28. The van der Waals surface area contributed by atoms with Gasteiger partial charge in [-0.25, -0.2) is 0 Å². The Morgan fingerprint density at radius 3 is 1.89 bits per heavy atom. The van der Waals surface area contributed by atoms with E-state index in [1.54, 1.807) is 6.92 Å². The standard InChI is InChI=1S/C12H28O5Si/c1-5-15-18(16-6-2,17-7-3)10-8-9-14-11-12(4)13/h12-13H,5-11H2,1-4H3. The first kappa shape index (κ1) is 18.0. The molecule has 0 aromatic carbocycles. The van der Waals surface area contributed by atoms with Gasteiger partial charge in [-0.15, -0.1) is 0 Å². The van der Waals surface area contributed by atoms with Gasteiger partial charge < -0.3 is 23.1 Å². The molecule has 0 aromatic heterocycles. The Balaban J connectivity index is 4.04. The Labute approximate surface area is 112 Å². The molecule has 0 fully saturated rings.